The SMILES string of the molecule is CC1(CCC(=O)Nc2ccc(Cl)nc2)CC1. The first kappa shape index (κ1) is 11.4. The van der Waals surface area contributed by atoms with Crippen molar-refractivity contribution in [1.82, 2.24) is 4.98 Å². The van der Waals surface area contributed by atoms with Crippen molar-refractivity contribution in [2.24, 2.45) is 5.41 Å². The molecule has 1 fully saturated rings. The summed E-state index contributed by atoms with van der Waals surface area (Å²) in [4.78, 5) is 15.5. The minimum Gasteiger partial charge on any atom is -0.325 e. The minimum atomic E-state index is 0.0530. The van der Waals surface area contributed by atoms with E-state index in [1.54, 1.807) is 18.3 Å². The second-order valence-corrected chi connectivity index (χ2v) is 5.12. The first-order valence-corrected chi connectivity index (χ1v) is 5.87. The summed E-state index contributed by atoms with van der Waals surface area (Å²) in [6, 6.07) is 3.42. The summed E-state index contributed by atoms with van der Waals surface area (Å²) in [5.41, 5.74) is 1.13. The first-order chi connectivity index (χ1) is 7.57. The van der Waals surface area contributed by atoms with E-state index in [0.717, 1.165) is 6.42 Å². The zero-order chi connectivity index (χ0) is 11.6. The highest BCUT2D eigenvalue weighted by atomic mass is 35.5. The van der Waals surface area contributed by atoms with Crippen LogP contribution in [-0.4, -0.2) is 10.9 Å². The van der Waals surface area contributed by atoms with E-state index < -0.39 is 0 Å². The molecule has 1 aliphatic carbocycles. The van der Waals surface area contributed by atoms with Crippen LogP contribution >= 0.6 is 11.6 Å². The van der Waals surface area contributed by atoms with Crippen LogP contribution in [0.3, 0.4) is 0 Å². The third-order valence-electron chi connectivity index (χ3n) is 3.07. The van der Waals surface area contributed by atoms with Crippen LogP contribution in [0.15, 0.2) is 18.3 Å². The lowest BCUT2D eigenvalue weighted by Gasteiger charge is -2.08. The van der Waals surface area contributed by atoms with E-state index in [2.05, 4.69) is 17.2 Å². The number of anilines is 1. The molecule has 2 rings (SSSR count). The first-order valence-electron chi connectivity index (χ1n) is 5.49. The van der Waals surface area contributed by atoms with Gasteiger partial charge in [0.2, 0.25) is 5.91 Å². The Morgan fingerprint density at radius 3 is 2.88 bits per heavy atom. The molecule has 1 aromatic heterocycles. The summed E-state index contributed by atoms with van der Waals surface area (Å²) in [6.45, 7) is 2.23. The molecule has 1 amide bonds. The van der Waals surface area contributed by atoms with E-state index in [-0.39, 0.29) is 5.91 Å². The van der Waals surface area contributed by atoms with Gasteiger partial charge in [-0.05, 0) is 36.8 Å². The van der Waals surface area contributed by atoms with Gasteiger partial charge in [-0.1, -0.05) is 18.5 Å². The van der Waals surface area contributed by atoms with Gasteiger partial charge < -0.3 is 5.32 Å². The number of pyridine rings is 1. The van der Waals surface area contributed by atoms with Crippen LogP contribution in [-0.2, 0) is 4.79 Å². The Morgan fingerprint density at radius 1 is 1.56 bits per heavy atom. The quantitative estimate of drug-likeness (QED) is 0.819. The molecule has 1 N–H and O–H groups in total. The summed E-state index contributed by atoms with van der Waals surface area (Å²) in [7, 11) is 0. The van der Waals surface area contributed by atoms with Gasteiger partial charge in [0, 0.05) is 6.42 Å². The normalized spacial score (nSPS) is 16.9. The lowest BCUT2D eigenvalue weighted by atomic mass is 10.0. The Morgan fingerprint density at radius 2 is 2.31 bits per heavy atom. The van der Waals surface area contributed by atoms with Crippen LogP contribution in [0.5, 0.6) is 0 Å². The van der Waals surface area contributed by atoms with E-state index in [9.17, 15) is 4.79 Å². The molecule has 0 radical (unpaired) electrons. The Balaban J connectivity index is 1.80. The number of nitrogens with zero attached hydrogens (tertiary/aromatic N) is 1. The molecule has 3 nitrogen and oxygen atoms in total. The number of nitrogens with one attached hydrogen (secondary N) is 1. The molecule has 1 aliphatic rings. The van der Waals surface area contributed by atoms with Crippen LogP contribution in [0, 0.1) is 5.41 Å². The number of hydrogen-bond donors (Lipinski definition) is 1. The van der Waals surface area contributed by atoms with Crippen LogP contribution in [0.1, 0.15) is 32.6 Å². The molecule has 16 heavy (non-hydrogen) atoms. The number of amides is 1. The second kappa shape index (κ2) is 4.42. The predicted octanol–water partition coefficient (Wildman–Crippen LogP) is 3.25. The summed E-state index contributed by atoms with van der Waals surface area (Å²) >= 11 is 5.65. The Kier molecular flexibility index (Phi) is 3.15. The van der Waals surface area contributed by atoms with Crippen molar-refractivity contribution in [1.29, 1.82) is 0 Å². The Hall–Kier alpha value is -1.09. The molecule has 0 spiro atoms. The molecule has 1 heterocycles. The maximum atomic E-state index is 11.6. The number of halogens is 1. The smallest absolute Gasteiger partial charge is 0.224 e. The fourth-order valence-corrected chi connectivity index (χ4v) is 1.66. The van der Waals surface area contributed by atoms with Gasteiger partial charge in [0.25, 0.3) is 0 Å². The van der Waals surface area contributed by atoms with Crippen LogP contribution in [0.4, 0.5) is 5.69 Å². The highest BCUT2D eigenvalue weighted by Crippen LogP contribution is 2.48. The minimum absolute atomic E-state index is 0.0530. The lowest BCUT2D eigenvalue weighted by Crippen LogP contribution is -2.13. The van der Waals surface area contributed by atoms with Gasteiger partial charge in [-0.15, -0.1) is 0 Å². The van der Waals surface area contributed by atoms with Crippen LogP contribution in [0.25, 0.3) is 0 Å². The van der Waals surface area contributed by atoms with Gasteiger partial charge in [-0.2, -0.15) is 0 Å². The van der Waals surface area contributed by atoms with Gasteiger partial charge in [-0.25, -0.2) is 4.98 Å². The third-order valence-corrected chi connectivity index (χ3v) is 3.29. The Bertz CT molecular complexity index is 385. The fraction of sp³-hybridized carbons (Fsp3) is 0.500. The third kappa shape index (κ3) is 3.20. The Labute approximate surface area is 100 Å². The monoisotopic (exact) mass is 238 g/mol. The van der Waals surface area contributed by atoms with Crippen molar-refractivity contribution >= 4 is 23.2 Å². The standard InChI is InChI=1S/C12H15ClN2O/c1-12(6-7-12)5-4-11(16)15-9-2-3-10(13)14-8-9/h2-3,8H,4-7H2,1H3,(H,15,16). The summed E-state index contributed by atoms with van der Waals surface area (Å²) in [5.74, 6) is 0.0530. The van der Waals surface area contributed by atoms with Crippen LogP contribution in [0.2, 0.25) is 5.15 Å². The molecule has 1 aromatic rings. The van der Waals surface area contributed by atoms with Crippen molar-refractivity contribution in [3.63, 3.8) is 0 Å². The van der Waals surface area contributed by atoms with E-state index in [1.165, 1.54) is 12.8 Å². The lowest BCUT2D eigenvalue weighted by molar-refractivity contribution is -0.116. The molecule has 0 saturated heterocycles. The topological polar surface area (TPSA) is 42.0 Å². The molecular formula is C12H15ClN2O. The number of aromatic nitrogens is 1. The molecule has 0 aromatic carbocycles. The van der Waals surface area contributed by atoms with E-state index in [4.69, 9.17) is 11.6 Å². The van der Waals surface area contributed by atoms with Crippen molar-refractivity contribution in [2.45, 2.75) is 32.6 Å². The van der Waals surface area contributed by atoms with E-state index in [1.807, 2.05) is 0 Å². The molecule has 0 bridgehead atoms. The average Bonchev–Trinajstić information content (AvgIpc) is 2.98. The van der Waals surface area contributed by atoms with Gasteiger partial charge >= 0.3 is 0 Å². The van der Waals surface area contributed by atoms with Crippen molar-refractivity contribution in [3.8, 4) is 0 Å². The number of carbonyl (C=O) groups is 1. The van der Waals surface area contributed by atoms with Gasteiger partial charge in [-0.3, -0.25) is 4.79 Å². The molecule has 0 unspecified atom stereocenters. The number of hydrogen-bond acceptors (Lipinski definition) is 2. The molecule has 86 valence electrons. The summed E-state index contributed by atoms with van der Waals surface area (Å²) in [5, 5.41) is 3.24. The fourth-order valence-electron chi connectivity index (χ4n) is 1.55. The van der Waals surface area contributed by atoms with Crippen molar-refractivity contribution < 1.29 is 4.79 Å². The van der Waals surface area contributed by atoms with Crippen molar-refractivity contribution in [3.05, 3.63) is 23.5 Å². The number of rotatable bonds is 4. The maximum absolute atomic E-state index is 11.6. The van der Waals surface area contributed by atoms with Crippen LogP contribution < -0.4 is 5.32 Å². The average molecular weight is 239 g/mol. The molecule has 0 aliphatic heterocycles. The molecule has 1 saturated carbocycles. The van der Waals surface area contributed by atoms with E-state index >= 15 is 0 Å². The maximum Gasteiger partial charge on any atom is 0.224 e. The summed E-state index contributed by atoms with van der Waals surface area (Å²) < 4.78 is 0. The zero-order valence-corrected chi connectivity index (χ0v) is 10.0. The zero-order valence-electron chi connectivity index (χ0n) is 9.29. The second-order valence-electron chi connectivity index (χ2n) is 4.73. The van der Waals surface area contributed by atoms with Gasteiger partial charge in [0.15, 0.2) is 0 Å². The molecule has 0 atom stereocenters. The van der Waals surface area contributed by atoms with Gasteiger partial charge in [0.05, 0.1) is 11.9 Å². The summed E-state index contributed by atoms with van der Waals surface area (Å²) in [6.07, 6.45) is 5.63. The highest BCUT2D eigenvalue weighted by Gasteiger charge is 2.36. The number of carbonyl (C=O) groups excluding carboxylic acids is 1. The largest absolute Gasteiger partial charge is 0.325 e. The van der Waals surface area contributed by atoms with Crippen molar-refractivity contribution in [2.75, 3.05) is 5.32 Å². The van der Waals surface area contributed by atoms with E-state index in [0.29, 0.717) is 22.7 Å². The molecule has 4 heteroatoms. The predicted molar refractivity (Wildman–Crippen MR) is 64.5 cm³/mol. The molecular weight excluding hydrogens is 224 g/mol. The highest BCUT2D eigenvalue weighted by molar-refractivity contribution is 6.29. The van der Waals surface area contributed by atoms with Gasteiger partial charge in [0.1, 0.15) is 5.15 Å².